The molecular formula is C10H9BrF2INO2. The van der Waals surface area contributed by atoms with Crippen molar-refractivity contribution in [1.29, 1.82) is 0 Å². The number of carbonyl (C=O) groups excluding carboxylic acids is 1. The number of pyridine rings is 1. The van der Waals surface area contributed by atoms with Gasteiger partial charge in [-0.25, -0.2) is 18.6 Å². The van der Waals surface area contributed by atoms with Crippen LogP contribution in [0.15, 0.2) is 6.07 Å². The van der Waals surface area contributed by atoms with Crippen molar-refractivity contribution in [2.45, 2.75) is 18.7 Å². The third-order valence-electron chi connectivity index (χ3n) is 1.93. The van der Waals surface area contributed by atoms with Crippen LogP contribution in [0.1, 0.15) is 35.0 Å². The highest BCUT2D eigenvalue weighted by molar-refractivity contribution is 14.1. The molecule has 0 aliphatic rings. The van der Waals surface area contributed by atoms with E-state index in [1.165, 1.54) is 0 Å². The molecule has 17 heavy (non-hydrogen) atoms. The summed E-state index contributed by atoms with van der Waals surface area (Å²) in [4.78, 5) is 15.3. The molecule has 0 spiro atoms. The van der Waals surface area contributed by atoms with E-state index in [1.54, 1.807) is 13.0 Å². The molecule has 0 N–H and O–H groups in total. The monoisotopic (exact) mass is 419 g/mol. The number of halogens is 4. The van der Waals surface area contributed by atoms with Crippen molar-refractivity contribution >= 4 is 44.5 Å². The summed E-state index contributed by atoms with van der Waals surface area (Å²) in [5, 5.41) is 0.291. The van der Waals surface area contributed by atoms with Crippen LogP contribution in [0.2, 0.25) is 0 Å². The fourth-order valence-corrected chi connectivity index (χ4v) is 2.36. The minimum atomic E-state index is -2.80. The average Bonchev–Trinajstić information content (AvgIpc) is 2.27. The second kappa shape index (κ2) is 6.58. The number of hydrogen-bond acceptors (Lipinski definition) is 3. The standard InChI is InChI=1S/C10H9BrF2INO2/c1-2-17-10(16)7-5(4-11)3-6(14)15-8(7)9(12)13/h3,9H,2,4H2,1H3. The van der Waals surface area contributed by atoms with Crippen LogP contribution in [0.4, 0.5) is 8.78 Å². The van der Waals surface area contributed by atoms with Gasteiger partial charge < -0.3 is 4.74 Å². The molecule has 0 fully saturated rings. The maximum absolute atomic E-state index is 12.8. The van der Waals surface area contributed by atoms with Crippen molar-refractivity contribution in [3.63, 3.8) is 0 Å². The van der Waals surface area contributed by atoms with E-state index < -0.39 is 18.1 Å². The highest BCUT2D eigenvalue weighted by Gasteiger charge is 2.25. The normalized spacial score (nSPS) is 10.7. The first-order valence-electron chi connectivity index (χ1n) is 4.71. The van der Waals surface area contributed by atoms with E-state index in [0.29, 0.717) is 14.6 Å². The van der Waals surface area contributed by atoms with Gasteiger partial charge in [0.25, 0.3) is 6.43 Å². The third-order valence-corrected chi connectivity index (χ3v) is 3.08. The zero-order chi connectivity index (χ0) is 13.0. The quantitative estimate of drug-likeness (QED) is 0.323. The summed E-state index contributed by atoms with van der Waals surface area (Å²) in [6, 6.07) is 1.58. The Morgan fingerprint density at radius 2 is 2.29 bits per heavy atom. The predicted octanol–water partition coefficient (Wildman–Crippen LogP) is 3.70. The molecule has 94 valence electrons. The van der Waals surface area contributed by atoms with Gasteiger partial charge >= 0.3 is 5.97 Å². The smallest absolute Gasteiger partial charge is 0.340 e. The zero-order valence-electron chi connectivity index (χ0n) is 8.84. The Bertz CT molecular complexity index is 429. The summed E-state index contributed by atoms with van der Waals surface area (Å²) >= 11 is 4.99. The molecule has 0 aromatic carbocycles. The molecule has 0 bridgehead atoms. The summed E-state index contributed by atoms with van der Waals surface area (Å²) in [5.41, 5.74) is -0.206. The molecule has 3 nitrogen and oxygen atoms in total. The molecule has 0 saturated heterocycles. The van der Waals surface area contributed by atoms with Gasteiger partial charge in [-0.15, -0.1) is 0 Å². The van der Waals surface area contributed by atoms with Crippen molar-refractivity contribution in [3.05, 3.63) is 26.6 Å². The lowest BCUT2D eigenvalue weighted by atomic mass is 10.1. The van der Waals surface area contributed by atoms with Crippen molar-refractivity contribution in [2.24, 2.45) is 0 Å². The fourth-order valence-electron chi connectivity index (χ4n) is 1.29. The first kappa shape index (κ1) is 14.7. The van der Waals surface area contributed by atoms with Crippen molar-refractivity contribution in [1.82, 2.24) is 4.98 Å². The molecule has 1 aromatic rings. The van der Waals surface area contributed by atoms with Crippen LogP contribution in [0.3, 0.4) is 0 Å². The molecule has 1 aromatic heterocycles. The molecule has 0 unspecified atom stereocenters. The molecule has 0 aliphatic heterocycles. The lowest BCUT2D eigenvalue weighted by Crippen LogP contribution is -2.14. The van der Waals surface area contributed by atoms with Gasteiger partial charge in [0, 0.05) is 5.33 Å². The molecule has 0 atom stereocenters. The summed E-state index contributed by atoms with van der Waals surface area (Å²) in [5.74, 6) is -0.763. The minimum Gasteiger partial charge on any atom is -0.462 e. The maximum atomic E-state index is 12.8. The molecule has 0 radical (unpaired) electrons. The van der Waals surface area contributed by atoms with E-state index in [1.807, 2.05) is 22.6 Å². The highest BCUT2D eigenvalue weighted by Crippen LogP contribution is 2.27. The Hall–Kier alpha value is -0.310. The molecule has 0 aliphatic carbocycles. The van der Waals surface area contributed by atoms with Crippen molar-refractivity contribution in [2.75, 3.05) is 6.61 Å². The van der Waals surface area contributed by atoms with Crippen molar-refractivity contribution < 1.29 is 18.3 Å². The van der Waals surface area contributed by atoms with Crippen LogP contribution in [-0.2, 0) is 10.1 Å². The third kappa shape index (κ3) is 3.57. The van der Waals surface area contributed by atoms with Gasteiger partial charge in [0.05, 0.1) is 12.2 Å². The number of rotatable bonds is 4. The average molecular weight is 420 g/mol. The Labute approximate surface area is 119 Å². The predicted molar refractivity (Wildman–Crippen MR) is 70.5 cm³/mol. The van der Waals surface area contributed by atoms with Crippen LogP contribution in [0.25, 0.3) is 0 Å². The summed E-state index contributed by atoms with van der Waals surface area (Å²) in [6.07, 6.45) is -2.80. The Morgan fingerprint density at radius 3 is 2.76 bits per heavy atom. The summed E-state index contributed by atoms with van der Waals surface area (Å²) in [6.45, 7) is 1.75. The van der Waals surface area contributed by atoms with Gasteiger partial charge in [0.1, 0.15) is 9.39 Å². The second-order valence-electron chi connectivity index (χ2n) is 3.02. The van der Waals surface area contributed by atoms with Crippen LogP contribution in [0.5, 0.6) is 0 Å². The number of esters is 1. The Balaban J connectivity index is 3.36. The van der Waals surface area contributed by atoms with Crippen LogP contribution >= 0.6 is 38.5 Å². The highest BCUT2D eigenvalue weighted by atomic mass is 127. The number of hydrogen-bond donors (Lipinski definition) is 0. The van der Waals surface area contributed by atoms with Gasteiger partial charge in [0.15, 0.2) is 0 Å². The Morgan fingerprint density at radius 1 is 1.65 bits per heavy atom. The van der Waals surface area contributed by atoms with E-state index in [2.05, 4.69) is 20.9 Å². The SMILES string of the molecule is CCOC(=O)c1c(CBr)cc(I)nc1C(F)F. The van der Waals surface area contributed by atoms with Gasteiger partial charge in [-0.05, 0) is 41.1 Å². The van der Waals surface area contributed by atoms with E-state index in [9.17, 15) is 13.6 Å². The first-order valence-corrected chi connectivity index (χ1v) is 6.91. The topological polar surface area (TPSA) is 39.2 Å². The molecule has 0 saturated carbocycles. The lowest BCUT2D eigenvalue weighted by Gasteiger charge is -2.11. The molecule has 1 heterocycles. The van der Waals surface area contributed by atoms with Crippen LogP contribution < -0.4 is 0 Å². The lowest BCUT2D eigenvalue weighted by molar-refractivity contribution is 0.0512. The molecule has 7 heteroatoms. The van der Waals surface area contributed by atoms with Gasteiger partial charge in [-0.2, -0.15) is 0 Å². The first-order chi connectivity index (χ1) is 8.01. The fraction of sp³-hybridized carbons (Fsp3) is 0.400. The summed E-state index contributed by atoms with van der Waals surface area (Å²) in [7, 11) is 0. The number of carbonyl (C=O) groups is 1. The van der Waals surface area contributed by atoms with Gasteiger partial charge in [-0.3, -0.25) is 0 Å². The number of aromatic nitrogens is 1. The van der Waals surface area contributed by atoms with Crippen molar-refractivity contribution in [3.8, 4) is 0 Å². The largest absolute Gasteiger partial charge is 0.462 e. The van der Waals surface area contributed by atoms with Crippen LogP contribution in [-0.4, -0.2) is 17.6 Å². The van der Waals surface area contributed by atoms with Gasteiger partial charge in [-0.1, -0.05) is 15.9 Å². The molecule has 0 amide bonds. The minimum absolute atomic E-state index is 0.134. The molecule has 1 rings (SSSR count). The van der Waals surface area contributed by atoms with Crippen LogP contribution in [0, 0.1) is 3.70 Å². The number of nitrogens with zero attached hydrogens (tertiary/aromatic N) is 1. The van der Waals surface area contributed by atoms with E-state index in [4.69, 9.17) is 4.74 Å². The Kier molecular flexibility index (Phi) is 5.71. The van der Waals surface area contributed by atoms with E-state index in [-0.39, 0.29) is 12.2 Å². The zero-order valence-corrected chi connectivity index (χ0v) is 12.6. The summed E-state index contributed by atoms with van der Waals surface area (Å²) < 4.78 is 30.9. The number of ether oxygens (including phenoxy) is 1. The van der Waals surface area contributed by atoms with E-state index in [0.717, 1.165) is 0 Å². The van der Waals surface area contributed by atoms with Gasteiger partial charge in [0.2, 0.25) is 0 Å². The molecular weight excluding hydrogens is 411 g/mol. The maximum Gasteiger partial charge on any atom is 0.340 e. The number of alkyl halides is 3. The second-order valence-corrected chi connectivity index (χ2v) is 4.69. The van der Waals surface area contributed by atoms with E-state index >= 15 is 0 Å².